The van der Waals surface area contributed by atoms with Crippen LogP contribution in [0.5, 0.6) is 0 Å². The molecule has 7 heteroatoms. The molecule has 0 bridgehead atoms. The molecule has 1 aromatic heterocycles. The molecule has 3 N–H and O–H groups in total. The van der Waals surface area contributed by atoms with Crippen LogP contribution < -0.4 is 16.0 Å². The number of likely N-dealkylation sites (N-methyl/N-ethyl adjacent to an activating group) is 1. The van der Waals surface area contributed by atoms with E-state index in [2.05, 4.69) is 28.5 Å². The topological polar surface area (TPSA) is 98.8 Å². The Kier molecular flexibility index (Phi) is 6.00. The van der Waals surface area contributed by atoms with Crippen molar-refractivity contribution in [1.29, 1.82) is 0 Å². The van der Waals surface area contributed by atoms with Crippen LogP contribution in [0.3, 0.4) is 0 Å². The van der Waals surface area contributed by atoms with Crippen LogP contribution in [0, 0.1) is 5.92 Å². The summed E-state index contributed by atoms with van der Waals surface area (Å²) in [6.07, 6.45) is 8.62. The zero-order valence-corrected chi connectivity index (χ0v) is 19.2. The Morgan fingerprint density at radius 2 is 2.06 bits per heavy atom. The van der Waals surface area contributed by atoms with E-state index in [1.165, 1.54) is 17.3 Å². The predicted molar refractivity (Wildman–Crippen MR) is 123 cm³/mol. The lowest BCUT2D eigenvalue weighted by molar-refractivity contribution is 0.0946. The van der Waals surface area contributed by atoms with Crippen molar-refractivity contribution < 1.29 is 19.5 Å². The first-order valence-electron chi connectivity index (χ1n) is 11.3. The van der Waals surface area contributed by atoms with E-state index >= 15 is 0 Å². The summed E-state index contributed by atoms with van der Waals surface area (Å²) in [7, 11) is 2.10. The average Bonchev–Trinajstić information content (AvgIpc) is 3.18. The van der Waals surface area contributed by atoms with Gasteiger partial charge in [0.1, 0.15) is 11.5 Å². The van der Waals surface area contributed by atoms with Crippen LogP contribution in [0.25, 0.3) is 11.1 Å². The molecule has 4 rings (SSSR count). The van der Waals surface area contributed by atoms with Gasteiger partial charge in [-0.1, -0.05) is 25.1 Å². The van der Waals surface area contributed by atoms with E-state index < -0.39 is 0 Å². The van der Waals surface area contributed by atoms with Crippen molar-refractivity contribution >= 4 is 17.1 Å². The van der Waals surface area contributed by atoms with E-state index in [0.29, 0.717) is 35.6 Å². The number of aliphatic hydroxyl groups excluding tert-OH is 2. The van der Waals surface area contributed by atoms with Gasteiger partial charge in [0.15, 0.2) is 11.1 Å². The summed E-state index contributed by atoms with van der Waals surface area (Å²) >= 11 is 0. The van der Waals surface area contributed by atoms with Gasteiger partial charge in [-0.2, -0.15) is 0 Å². The van der Waals surface area contributed by atoms with Crippen molar-refractivity contribution in [2.24, 2.45) is 5.92 Å². The first-order valence-corrected chi connectivity index (χ1v) is 11.3. The number of rotatable bonds is 3. The monoisotopic (exact) mass is 437 g/mol. The number of carbonyl (C=O) groups excluding carboxylic acids is 1. The molecule has 3 aliphatic rings. The highest BCUT2D eigenvalue weighted by Crippen LogP contribution is 2.33. The van der Waals surface area contributed by atoms with E-state index in [1.54, 1.807) is 0 Å². The molecule has 32 heavy (non-hydrogen) atoms. The number of allylic oxidation sites excluding steroid dienone is 6. The lowest BCUT2D eigenvalue weighted by Crippen LogP contribution is -2.36. The maximum absolute atomic E-state index is 12.8. The average molecular weight is 438 g/mol. The second-order valence-electron chi connectivity index (χ2n) is 8.89. The molecule has 0 unspecified atom stereocenters. The Morgan fingerprint density at radius 1 is 1.28 bits per heavy atom. The van der Waals surface area contributed by atoms with E-state index in [9.17, 15) is 15.0 Å². The largest absolute Gasteiger partial charge is 0.508 e. The molecule has 170 valence electrons. The van der Waals surface area contributed by atoms with Crippen LogP contribution in [-0.4, -0.2) is 46.3 Å². The molecule has 0 atom stereocenters. The Bertz CT molecular complexity index is 1190. The van der Waals surface area contributed by atoms with Crippen LogP contribution in [0.15, 0.2) is 51.1 Å². The Hall–Kier alpha value is -3.22. The van der Waals surface area contributed by atoms with Crippen molar-refractivity contribution in [1.82, 2.24) is 15.4 Å². The molecular weight excluding hydrogens is 406 g/mol. The van der Waals surface area contributed by atoms with Gasteiger partial charge < -0.3 is 25.0 Å². The second kappa shape index (κ2) is 8.73. The van der Waals surface area contributed by atoms with E-state index in [-0.39, 0.29) is 29.0 Å². The Labute approximate surface area is 187 Å². The second-order valence-corrected chi connectivity index (χ2v) is 8.89. The minimum absolute atomic E-state index is 0.0653. The molecule has 7 nitrogen and oxygen atoms in total. The summed E-state index contributed by atoms with van der Waals surface area (Å²) in [5.74, 6) is -0.196. The minimum atomic E-state index is -0.304. The van der Waals surface area contributed by atoms with Crippen LogP contribution >= 0.6 is 0 Å². The molecule has 1 aromatic rings. The molecular formula is C25H31N3O4. The van der Waals surface area contributed by atoms with Gasteiger partial charge in [0.05, 0.1) is 5.22 Å². The number of nitrogens with zero attached hydrogens (tertiary/aromatic N) is 2. The van der Waals surface area contributed by atoms with Crippen molar-refractivity contribution in [3.63, 3.8) is 0 Å². The normalized spacial score (nSPS) is 22.4. The van der Waals surface area contributed by atoms with Gasteiger partial charge in [-0.05, 0) is 54.9 Å². The third-order valence-electron chi connectivity index (χ3n) is 6.41. The highest BCUT2D eigenvalue weighted by molar-refractivity contribution is 5.93. The van der Waals surface area contributed by atoms with Gasteiger partial charge in [-0.3, -0.25) is 4.79 Å². The maximum Gasteiger partial charge on any atom is 0.274 e. The van der Waals surface area contributed by atoms with Gasteiger partial charge in [0.25, 0.3) is 5.91 Å². The van der Waals surface area contributed by atoms with E-state index in [4.69, 9.17) is 4.52 Å². The fourth-order valence-corrected chi connectivity index (χ4v) is 4.68. The van der Waals surface area contributed by atoms with Crippen molar-refractivity contribution in [3.8, 4) is 0 Å². The summed E-state index contributed by atoms with van der Waals surface area (Å²) in [5.41, 5.74) is 5.47. The Morgan fingerprint density at radius 3 is 2.78 bits per heavy atom. The number of amides is 1. The van der Waals surface area contributed by atoms with Crippen LogP contribution in [0.1, 0.15) is 56.9 Å². The number of hydrogen-bond donors (Lipinski definition) is 3. The van der Waals surface area contributed by atoms with Crippen molar-refractivity contribution in [2.75, 3.05) is 20.1 Å². The molecule has 0 fully saturated rings. The molecule has 0 aromatic carbocycles. The lowest BCUT2D eigenvalue weighted by Gasteiger charge is -2.31. The van der Waals surface area contributed by atoms with Gasteiger partial charge in [-0.15, -0.1) is 0 Å². The summed E-state index contributed by atoms with van der Waals surface area (Å²) in [6.45, 7) is 7.35. The number of aromatic nitrogens is 1. The quantitative estimate of drug-likeness (QED) is 0.673. The van der Waals surface area contributed by atoms with Crippen LogP contribution in [-0.2, 0) is 0 Å². The summed E-state index contributed by atoms with van der Waals surface area (Å²) in [4.78, 5) is 15.1. The molecule has 0 radical (unpaired) electrons. The van der Waals surface area contributed by atoms with Gasteiger partial charge in [-0.25, -0.2) is 0 Å². The third-order valence-corrected chi connectivity index (χ3v) is 6.41. The zero-order valence-electron chi connectivity index (χ0n) is 19.2. The number of aliphatic hydroxyl groups is 2. The summed E-state index contributed by atoms with van der Waals surface area (Å²) in [5, 5.41) is 28.5. The fraction of sp³-hybridized carbons (Fsp3) is 0.440. The molecule has 0 spiro atoms. The standard InChI is InChI=1S/C25H31N3O4/c1-5-26-25(31)23-22(16-8-9-19-15(11-16)7-6-10-28(19)4)24(32-27-23)18-12-17(14(2)3)20(29)13-21(18)30/h8-9,13-14,29-30H,5-7,10-12H2,1-4H3,(H,26,31). The summed E-state index contributed by atoms with van der Waals surface area (Å²) in [6, 6.07) is 0. The zero-order chi connectivity index (χ0) is 23.0. The van der Waals surface area contributed by atoms with E-state index in [0.717, 1.165) is 30.5 Å². The molecule has 1 aliphatic heterocycles. The van der Waals surface area contributed by atoms with Crippen molar-refractivity contribution in [2.45, 2.75) is 46.5 Å². The van der Waals surface area contributed by atoms with E-state index in [1.807, 2.05) is 26.8 Å². The maximum atomic E-state index is 12.8. The summed E-state index contributed by atoms with van der Waals surface area (Å²) < 4.78 is 5.71. The smallest absolute Gasteiger partial charge is 0.274 e. The third kappa shape index (κ3) is 3.87. The molecule has 1 amide bonds. The van der Waals surface area contributed by atoms with Crippen LogP contribution in [0.2, 0.25) is 0 Å². The first-order chi connectivity index (χ1) is 15.3. The van der Waals surface area contributed by atoms with Gasteiger partial charge >= 0.3 is 0 Å². The number of carbonyl (C=O) groups is 1. The fourth-order valence-electron chi connectivity index (χ4n) is 4.68. The predicted octanol–water partition coefficient (Wildman–Crippen LogP) is 2.98. The molecule has 0 saturated heterocycles. The molecule has 0 saturated carbocycles. The number of hydrogen-bond acceptors (Lipinski definition) is 6. The highest BCUT2D eigenvalue weighted by atomic mass is 16.5. The lowest BCUT2D eigenvalue weighted by atomic mass is 9.87. The van der Waals surface area contributed by atoms with Gasteiger partial charge in [0, 0.05) is 43.9 Å². The highest BCUT2D eigenvalue weighted by Gasteiger charge is 2.26. The Balaban J connectivity index is 1.96. The van der Waals surface area contributed by atoms with Crippen LogP contribution in [0.4, 0.5) is 0 Å². The number of nitrogens with one attached hydrogen (secondary N) is 1. The van der Waals surface area contributed by atoms with Crippen molar-refractivity contribution in [3.05, 3.63) is 62.9 Å². The van der Waals surface area contributed by atoms with Gasteiger partial charge in [0.2, 0.25) is 0 Å². The molecule has 2 aliphatic carbocycles. The SMILES string of the molecule is CCNC(=O)c1noc(=C2CC(C(C)C)=C(O)C=C2O)c1=C1C=CC2=C(CCCN2C)C1. The first kappa shape index (κ1) is 22.0. The minimum Gasteiger partial charge on any atom is -0.508 e. The molecule has 2 heterocycles.